The van der Waals surface area contributed by atoms with Crippen LogP contribution in [0.1, 0.15) is 31.1 Å². The van der Waals surface area contributed by atoms with Crippen molar-refractivity contribution in [1.29, 1.82) is 0 Å². The number of benzene rings is 3. The molecule has 0 aliphatic heterocycles. The van der Waals surface area contributed by atoms with Crippen LogP contribution in [0.4, 0.5) is 11.4 Å². The van der Waals surface area contributed by atoms with Crippen LogP contribution in [0.5, 0.6) is 0 Å². The third-order valence-electron chi connectivity index (χ3n) is 3.89. The number of carbonyl (C=O) groups excluding carboxylic acids is 1. The lowest BCUT2D eigenvalue weighted by Crippen LogP contribution is -2.24. The first-order valence-corrected chi connectivity index (χ1v) is 9.16. The Balaban J connectivity index is 2.04. The summed E-state index contributed by atoms with van der Waals surface area (Å²) >= 11 is 6.29. The topological polar surface area (TPSA) is 38.3 Å². The number of hydrogen-bond donors (Lipinski definition) is 1. The Morgan fingerprint density at radius 3 is 2.19 bits per heavy atom. The lowest BCUT2D eigenvalue weighted by Gasteiger charge is -2.21. The number of ether oxygens (including phenoxy) is 1. The second-order valence-corrected chi connectivity index (χ2v) is 7.64. The number of carbonyl (C=O) groups is 1. The van der Waals surface area contributed by atoms with Crippen molar-refractivity contribution in [1.82, 2.24) is 0 Å². The second-order valence-electron chi connectivity index (χ2n) is 7.23. The number of para-hydroxylation sites is 1. The van der Waals surface area contributed by atoms with E-state index in [1.807, 2.05) is 81.4 Å². The Morgan fingerprint density at radius 1 is 0.852 bits per heavy atom. The summed E-state index contributed by atoms with van der Waals surface area (Å²) in [5.41, 5.74) is 3.34. The molecule has 0 saturated heterocycles. The van der Waals surface area contributed by atoms with Crippen molar-refractivity contribution >= 4 is 28.9 Å². The summed E-state index contributed by atoms with van der Waals surface area (Å²) in [7, 11) is 0. The smallest absolute Gasteiger partial charge is 0.340 e. The minimum absolute atomic E-state index is 0.378. The van der Waals surface area contributed by atoms with Gasteiger partial charge in [-0.05, 0) is 56.2 Å². The maximum atomic E-state index is 12.7. The standard InChI is InChI=1S/C23H22ClNO2/c1-23(2,3)27-22(26)18-14-13-17(16-9-5-4-6-10-16)15-21(18)25-20-12-8-7-11-19(20)24/h4-15,25H,1-3H3. The first-order valence-electron chi connectivity index (χ1n) is 8.78. The predicted octanol–water partition coefficient (Wildman–Crippen LogP) is 6.71. The quantitative estimate of drug-likeness (QED) is 0.512. The van der Waals surface area contributed by atoms with E-state index in [1.165, 1.54) is 0 Å². The summed E-state index contributed by atoms with van der Waals surface area (Å²) in [6.07, 6.45) is 0. The molecule has 3 nitrogen and oxygen atoms in total. The van der Waals surface area contributed by atoms with E-state index in [-0.39, 0.29) is 5.97 Å². The SMILES string of the molecule is CC(C)(C)OC(=O)c1ccc(-c2ccccc2)cc1Nc1ccccc1Cl. The molecule has 0 fully saturated rings. The minimum Gasteiger partial charge on any atom is -0.456 e. The second kappa shape index (κ2) is 7.85. The van der Waals surface area contributed by atoms with E-state index in [4.69, 9.17) is 16.3 Å². The van der Waals surface area contributed by atoms with Crippen LogP contribution >= 0.6 is 11.6 Å². The molecule has 0 heterocycles. The number of anilines is 2. The lowest BCUT2D eigenvalue weighted by atomic mass is 10.0. The van der Waals surface area contributed by atoms with Gasteiger partial charge in [-0.1, -0.05) is 60.1 Å². The molecule has 138 valence electrons. The van der Waals surface area contributed by atoms with Crippen LogP contribution in [-0.2, 0) is 4.74 Å². The lowest BCUT2D eigenvalue weighted by molar-refractivity contribution is 0.00708. The van der Waals surface area contributed by atoms with E-state index in [0.29, 0.717) is 16.3 Å². The third-order valence-corrected chi connectivity index (χ3v) is 4.22. The van der Waals surface area contributed by atoms with Gasteiger partial charge in [0.1, 0.15) is 5.60 Å². The largest absolute Gasteiger partial charge is 0.456 e. The Kier molecular flexibility index (Phi) is 5.52. The van der Waals surface area contributed by atoms with E-state index >= 15 is 0 Å². The normalized spacial score (nSPS) is 11.1. The van der Waals surface area contributed by atoms with Crippen LogP contribution in [0.25, 0.3) is 11.1 Å². The van der Waals surface area contributed by atoms with Crippen molar-refractivity contribution in [3.63, 3.8) is 0 Å². The Labute approximate surface area is 164 Å². The molecule has 1 N–H and O–H groups in total. The van der Waals surface area contributed by atoms with Gasteiger partial charge in [-0.25, -0.2) is 4.79 Å². The maximum absolute atomic E-state index is 12.7. The van der Waals surface area contributed by atoms with Gasteiger partial charge in [0.15, 0.2) is 0 Å². The molecule has 0 radical (unpaired) electrons. The summed E-state index contributed by atoms with van der Waals surface area (Å²) in [5.74, 6) is -0.378. The Bertz CT molecular complexity index is 946. The summed E-state index contributed by atoms with van der Waals surface area (Å²) in [4.78, 5) is 12.7. The zero-order chi connectivity index (χ0) is 19.4. The van der Waals surface area contributed by atoms with Crippen LogP contribution in [0, 0.1) is 0 Å². The van der Waals surface area contributed by atoms with Gasteiger partial charge in [0.2, 0.25) is 0 Å². The molecule has 3 rings (SSSR count). The van der Waals surface area contributed by atoms with Crippen molar-refractivity contribution in [3.05, 3.63) is 83.4 Å². The summed E-state index contributed by atoms with van der Waals surface area (Å²) in [6.45, 7) is 5.55. The van der Waals surface area contributed by atoms with E-state index < -0.39 is 5.60 Å². The highest BCUT2D eigenvalue weighted by Gasteiger charge is 2.21. The Hall–Kier alpha value is -2.78. The van der Waals surface area contributed by atoms with Gasteiger partial charge in [0.25, 0.3) is 0 Å². The maximum Gasteiger partial charge on any atom is 0.340 e. The molecule has 3 aromatic rings. The number of esters is 1. The molecule has 4 heteroatoms. The van der Waals surface area contributed by atoms with Gasteiger partial charge in [0, 0.05) is 0 Å². The van der Waals surface area contributed by atoms with Crippen molar-refractivity contribution in [2.75, 3.05) is 5.32 Å². The third kappa shape index (κ3) is 4.89. The Morgan fingerprint density at radius 2 is 1.52 bits per heavy atom. The van der Waals surface area contributed by atoms with Crippen LogP contribution in [0.15, 0.2) is 72.8 Å². The zero-order valence-electron chi connectivity index (χ0n) is 15.6. The van der Waals surface area contributed by atoms with Gasteiger partial charge in [-0.2, -0.15) is 0 Å². The van der Waals surface area contributed by atoms with Gasteiger partial charge < -0.3 is 10.1 Å². The molecule has 0 aliphatic carbocycles. The van der Waals surface area contributed by atoms with Gasteiger partial charge in [0.05, 0.1) is 22.0 Å². The number of hydrogen-bond acceptors (Lipinski definition) is 3. The summed E-state index contributed by atoms with van der Waals surface area (Å²) in [6, 6.07) is 23.1. The van der Waals surface area contributed by atoms with Crippen LogP contribution in [0.2, 0.25) is 5.02 Å². The average Bonchev–Trinajstić information content (AvgIpc) is 2.63. The summed E-state index contributed by atoms with van der Waals surface area (Å²) < 4.78 is 5.57. The number of rotatable bonds is 4. The molecule has 27 heavy (non-hydrogen) atoms. The van der Waals surface area contributed by atoms with Gasteiger partial charge in [-0.15, -0.1) is 0 Å². The van der Waals surface area contributed by atoms with E-state index in [9.17, 15) is 4.79 Å². The van der Waals surface area contributed by atoms with Crippen LogP contribution in [0.3, 0.4) is 0 Å². The van der Waals surface area contributed by atoms with Gasteiger partial charge >= 0.3 is 5.97 Å². The number of nitrogens with one attached hydrogen (secondary N) is 1. The fourth-order valence-corrected chi connectivity index (χ4v) is 2.86. The fourth-order valence-electron chi connectivity index (χ4n) is 2.68. The first kappa shape index (κ1) is 19.0. The monoisotopic (exact) mass is 379 g/mol. The van der Waals surface area contributed by atoms with Crippen molar-refractivity contribution in [2.24, 2.45) is 0 Å². The van der Waals surface area contributed by atoms with Crippen molar-refractivity contribution in [2.45, 2.75) is 26.4 Å². The van der Waals surface area contributed by atoms with Crippen molar-refractivity contribution in [3.8, 4) is 11.1 Å². The molecule has 0 bridgehead atoms. The highest BCUT2D eigenvalue weighted by Crippen LogP contribution is 2.31. The zero-order valence-corrected chi connectivity index (χ0v) is 16.4. The van der Waals surface area contributed by atoms with Crippen LogP contribution < -0.4 is 5.32 Å². The minimum atomic E-state index is -0.573. The molecule has 0 amide bonds. The molecule has 3 aromatic carbocycles. The molecule has 0 unspecified atom stereocenters. The molecule has 0 spiro atoms. The van der Waals surface area contributed by atoms with Crippen LogP contribution in [-0.4, -0.2) is 11.6 Å². The fraction of sp³-hybridized carbons (Fsp3) is 0.174. The molecule has 0 aliphatic rings. The van der Waals surface area contributed by atoms with E-state index in [1.54, 1.807) is 12.1 Å². The molecular formula is C23H22ClNO2. The predicted molar refractivity (Wildman–Crippen MR) is 112 cm³/mol. The van der Waals surface area contributed by atoms with Crippen molar-refractivity contribution < 1.29 is 9.53 Å². The first-order chi connectivity index (χ1) is 12.8. The van der Waals surface area contributed by atoms with E-state index in [2.05, 4.69) is 5.32 Å². The molecular weight excluding hydrogens is 358 g/mol. The average molecular weight is 380 g/mol. The highest BCUT2D eigenvalue weighted by molar-refractivity contribution is 6.33. The summed E-state index contributed by atoms with van der Waals surface area (Å²) in [5, 5.41) is 3.87. The number of halogens is 1. The molecule has 0 aromatic heterocycles. The highest BCUT2D eigenvalue weighted by atomic mass is 35.5. The van der Waals surface area contributed by atoms with E-state index in [0.717, 1.165) is 16.8 Å². The molecule has 0 atom stereocenters. The molecule has 0 saturated carbocycles. The van der Waals surface area contributed by atoms with Gasteiger partial charge in [-0.3, -0.25) is 0 Å².